The fourth-order valence-corrected chi connectivity index (χ4v) is 1.11. The summed E-state index contributed by atoms with van der Waals surface area (Å²) in [7, 11) is 0. The summed E-state index contributed by atoms with van der Waals surface area (Å²) in [6, 6.07) is 1.85. The van der Waals surface area contributed by atoms with Crippen molar-refractivity contribution in [3.8, 4) is 11.8 Å². The molecule has 0 fully saturated rings. The Morgan fingerprint density at radius 2 is 2.47 bits per heavy atom. The number of nitrogens with one attached hydrogen (secondary N) is 1. The fraction of sp³-hybridized carbons (Fsp3) is 0.111. The molecule has 0 amide bonds. The van der Waals surface area contributed by atoms with Gasteiger partial charge in [-0.3, -0.25) is 10.1 Å². The molecule has 0 saturated carbocycles. The lowest BCUT2D eigenvalue weighted by Crippen LogP contribution is -1.80. The number of H-pyrrole nitrogens is 1. The summed E-state index contributed by atoms with van der Waals surface area (Å²) >= 11 is 0. The standard InChI is InChI=1S/C9H6N6/c10-15-12-3-1-2-7-4-8-9(11-5-7)6-13-14-8/h4-6H,3H2,(H,13,14). The van der Waals surface area contributed by atoms with E-state index in [0.29, 0.717) is 0 Å². The monoisotopic (exact) mass is 198 g/mol. The Hall–Kier alpha value is -2.51. The van der Waals surface area contributed by atoms with Gasteiger partial charge in [-0.25, -0.2) is 0 Å². The normalized spacial score (nSPS) is 9.07. The average molecular weight is 198 g/mol. The molecule has 0 aromatic carbocycles. The molecule has 6 heteroatoms. The maximum Gasteiger partial charge on any atom is 0.108 e. The molecule has 6 nitrogen and oxygen atoms in total. The Bertz CT molecular complexity index is 581. The molecule has 0 aliphatic carbocycles. The first-order valence-electron chi connectivity index (χ1n) is 4.19. The van der Waals surface area contributed by atoms with E-state index in [1.165, 1.54) is 0 Å². The van der Waals surface area contributed by atoms with Gasteiger partial charge in [0.1, 0.15) is 5.52 Å². The van der Waals surface area contributed by atoms with Crippen LogP contribution in [-0.4, -0.2) is 21.7 Å². The number of aromatic nitrogens is 3. The SMILES string of the molecule is [N-]=[N+]=NCC#Cc1cnc2cn[nH]c2c1. The predicted octanol–water partition coefficient (Wildman–Crippen LogP) is 1.62. The highest BCUT2D eigenvalue weighted by atomic mass is 15.1. The highest BCUT2D eigenvalue weighted by Gasteiger charge is 1.96. The van der Waals surface area contributed by atoms with Crippen LogP contribution >= 0.6 is 0 Å². The van der Waals surface area contributed by atoms with Crippen LogP contribution in [0.25, 0.3) is 21.5 Å². The third kappa shape index (κ3) is 2.05. The van der Waals surface area contributed by atoms with E-state index in [9.17, 15) is 0 Å². The quantitative estimate of drug-likeness (QED) is 0.326. The van der Waals surface area contributed by atoms with Crippen molar-refractivity contribution in [2.75, 3.05) is 6.54 Å². The highest BCUT2D eigenvalue weighted by Crippen LogP contribution is 2.07. The van der Waals surface area contributed by atoms with E-state index >= 15 is 0 Å². The van der Waals surface area contributed by atoms with E-state index < -0.39 is 0 Å². The van der Waals surface area contributed by atoms with E-state index in [-0.39, 0.29) is 6.54 Å². The second-order valence-electron chi connectivity index (χ2n) is 2.72. The molecule has 0 atom stereocenters. The Balaban J connectivity index is 2.26. The number of rotatable bonds is 1. The van der Waals surface area contributed by atoms with Gasteiger partial charge in [-0.1, -0.05) is 17.0 Å². The second-order valence-corrected chi connectivity index (χ2v) is 2.72. The molecule has 15 heavy (non-hydrogen) atoms. The first-order chi connectivity index (χ1) is 7.40. The van der Waals surface area contributed by atoms with Crippen LogP contribution in [-0.2, 0) is 0 Å². The smallest absolute Gasteiger partial charge is 0.108 e. The van der Waals surface area contributed by atoms with Gasteiger partial charge in [0.05, 0.1) is 18.3 Å². The number of aromatic amines is 1. The van der Waals surface area contributed by atoms with Crippen LogP contribution in [0.3, 0.4) is 0 Å². The van der Waals surface area contributed by atoms with Gasteiger partial charge < -0.3 is 0 Å². The zero-order valence-electron chi connectivity index (χ0n) is 7.68. The molecular formula is C9H6N6. The van der Waals surface area contributed by atoms with E-state index in [4.69, 9.17) is 5.53 Å². The molecule has 2 heterocycles. The van der Waals surface area contributed by atoms with Gasteiger partial charge in [0.2, 0.25) is 0 Å². The molecule has 2 aromatic rings. The summed E-state index contributed by atoms with van der Waals surface area (Å²) in [4.78, 5) is 6.74. The fourth-order valence-electron chi connectivity index (χ4n) is 1.11. The van der Waals surface area contributed by atoms with Gasteiger partial charge in [0.25, 0.3) is 0 Å². The van der Waals surface area contributed by atoms with Crippen molar-refractivity contribution in [2.45, 2.75) is 0 Å². The van der Waals surface area contributed by atoms with E-state index in [1.807, 2.05) is 6.07 Å². The molecule has 0 radical (unpaired) electrons. The van der Waals surface area contributed by atoms with Gasteiger partial charge in [-0.05, 0) is 11.6 Å². The number of hydrogen-bond donors (Lipinski definition) is 1. The van der Waals surface area contributed by atoms with Crippen LogP contribution in [0.5, 0.6) is 0 Å². The maximum atomic E-state index is 8.04. The topological polar surface area (TPSA) is 90.3 Å². The van der Waals surface area contributed by atoms with Crippen molar-refractivity contribution >= 4 is 11.0 Å². The summed E-state index contributed by atoms with van der Waals surface area (Å²) in [6.07, 6.45) is 3.30. The Morgan fingerprint density at radius 1 is 1.53 bits per heavy atom. The molecule has 2 rings (SSSR count). The molecule has 0 aliphatic rings. The number of pyridine rings is 1. The maximum absolute atomic E-state index is 8.04. The molecule has 0 saturated heterocycles. The van der Waals surface area contributed by atoms with Gasteiger partial charge in [0.15, 0.2) is 0 Å². The minimum absolute atomic E-state index is 0.164. The van der Waals surface area contributed by atoms with Crippen LogP contribution < -0.4 is 0 Å². The molecule has 0 unspecified atom stereocenters. The molecule has 1 N–H and O–H groups in total. The van der Waals surface area contributed by atoms with E-state index in [2.05, 4.69) is 37.0 Å². The predicted molar refractivity (Wildman–Crippen MR) is 54.8 cm³/mol. The van der Waals surface area contributed by atoms with Crippen molar-refractivity contribution in [2.24, 2.45) is 5.11 Å². The molecular weight excluding hydrogens is 192 g/mol. The van der Waals surface area contributed by atoms with Crippen LogP contribution in [0.1, 0.15) is 5.56 Å². The molecule has 72 valence electrons. The highest BCUT2D eigenvalue weighted by molar-refractivity contribution is 5.74. The molecule has 0 spiro atoms. The lowest BCUT2D eigenvalue weighted by atomic mass is 10.2. The summed E-state index contributed by atoms with van der Waals surface area (Å²) in [5.74, 6) is 5.55. The van der Waals surface area contributed by atoms with Crippen LogP contribution in [0.4, 0.5) is 0 Å². The van der Waals surface area contributed by atoms with Crippen molar-refractivity contribution in [3.05, 3.63) is 34.5 Å². The molecule has 0 aliphatic heterocycles. The summed E-state index contributed by atoms with van der Waals surface area (Å²) in [6.45, 7) is 0.164. The summed E-state index contributed by atoms with van der Waals surface area (Å²) in [5.41, 5.74) is 10.4. The van der Waals surface area contributed by atoms with Gasteiger partial charge in [0, 0.05) is 16.7 Å². The summed E-state index contributed by atoms with van der Waals surface area (Å²) < 4.78 is 0. The first-order valence-corrected chi connectivity index (χ1v) is 4.19. The van der Waals surface area contributed by atoms with Gasteiger partial charge in [-0.2, -0.15) is 5.10 Å². The Kier molecular flexibility index (Phi) is 2.50. The zero-order chi connectivity index (χ0) is 10.5. The van der Waals surface area contributed by atoms with Crippen molar-refractivity contribution in [3.63, 3.8) is 0 Å². The minimum Gasteiger partial charge on any atom is -0.276 e. The Labute approximate surface area is 85.0 Å². The number of nitrogens with zero attached hydrogens (tertiary/aromatic N) is 5. The van der Waals surface area contributed by atoms with Crippen LogP contribution in [0.2, 0.25) is 0 Å². The molecule has 0 bridgehead atoms. The zero-order valence-corrected chi connectivity index (χ0v) is 7.68. The molecule has 2 aromatic heterocycles. The minimum atomic E-state index is 0.164. The van der Waals surface area contributed by atoms with Crippen molar-refractivity contribution in [1.82, 2.24) is 15.2 Å². The summed E-state index contributed by atoms with van der Waals surface area (Å²) in [5, 5.41) is 9.95. The lowest BCUT2D eigenvalue weighted by molar-refractivity contribution is 1.12. The number of fused-ring (bicyclic) bond motifs is 1. The number of hydrogen-bond acceptors (Lipinski definition) is 3. The van der Waals surface area contributed by atoms with Crippen molar-refractivity contribution < 1.29 is 0 Å². The van der Waals surface area contributed by atoms with Gasteiger partial charge >= 0.3 is 0 Å². The lowest BCUT2D eigenvalue weighted by Gasteiger charge is -1.89. The van der Waals surface area contributed by atoms with Gasteiger partial charge in [-0.15, -0.1) is 0 Å². The Morgan fingerprint density at radius 3 is 3.33 bits per heavy atom. The largest absolute Gasteiger partial charge is 0.276 e. The number of azide groups is 1. The third-order valence-corrected chi connectivity index (χ3v) is 1.74. The first kappa shape index (κ1) is 9.06. The van der Waals surface area contributed by atoms with E-state index in [1.54, 1.807) is 12.4 Å². The van der Waals surface area contributed by atoms with Crippen LogP contribution in [0.15, 0.2) is 23.6 Å². The van der Waals surface area contributed by atoms with Crippen molar-refractivity contribution in [1.29, 1.82) is 0 Å². The third-order valence-electron chi connectivity index (χ3n) is 1.74. The van der Waals surface area contributed by atoms with Crippen LogP contribution in [0, 0.1) is 11.8 Å². The average Bonchev–Trinajstić information content (AvgIpc) is 2.71. The second kappa shape index (κ2) is 4.13. The van der Waals surface area contributed by atoms with E-state index in [0.717, 1.165) is 16.6 Å².